The molecule has 1 heterocycles. The van der Waals surface area contributed by atoms with Gasteiger partial charge in [-0.05, 0) is 48.4 Å². The SMILES string of the molecule is COc1ccc(Cl)cc1NC(=O)COC(=O)COc1ccc2c(c1)CCC(=O)N2. The second kappa shape index (κ2) is 9.29. The number of hydrogen-bond acceptors (Lipinski definition) is 6. The number of fused-ring (bicyclic) bond motifs is 1. The predicted molar refractivity (Wildman–Crippen MR) is 106 cm³/mol. The van der Waals surface area contributed by atoms with Crippen LogP contribution in [0.4, 0.5) is 11.4 Å². The standard InChI is InChI=1S/C20H19ClN2O6/c1-27-17-6-3-13(21)9-16(17)23-19(25)10-29-20(26)11-28-14-4-5-15-12(8-14)2-7-18(24)22-15/h3-6,8-9H,2,7,10-11H2,1H3,(H,22,24)(H,23,25). The lowest BCUT2D eigenvalue weighted by Gasteiger charge is -2.17. The van der Waals surface area contributed by atoms with Gasteiger partial charge in [0.15, 0.2) is 13.2 Å². The highest BCUT2D eigenvalue weighted by atomic mass is 35.5. The van der Waals surface area contributed by atoms with Gasteiger partial charge in [0.25, 0.3) is 5.91 Å². The minimum absolute atomic E-state index is 0.0246. The first-order chi connectivity index (χ1) is 13.9. The van der Waals surface area contributed by atoms with E-state index < -0.39 is 18.5 Å². The fourth-order valence-electron chi connectivity index (χ4n) is 2.74. The molecule has 0 atom stereocenters. The molecule has 2 aromatic carbocycles. The molecule has 0 aromatic heterocycles. The van der Waals surface area contributed by atoms with Gasteiger partial charge in [-0.15, -0.1) is 0 Å². The average molecular weight is 419 g/mol. The summed E-state index contributed by atoms with van der Waals surface area (Å²) in [5.41, 5.74) is 2.05. The molecule has 2 aromatic rings. The molecule has 1 aliphatic heterocycles. The zero-order valence-corrected chi connectivity index (χ0v) is 16.4. The Morgan fingerprint density at radius 1 is 1.14 bits per heavy atom. The number of esters is 1. The lowest BCUT2D eigenvalue weighted by molar-refractivity contribution is -0.149. The number of rotatable bonds is 7. The summed E-state index contributed by atoms with van der Waals surface area (Å²) >= 11 is 5.91. The molecule has 0 radical (unpaired) electrons. The van der Waals surface area contributed by atoms with Gasteiger partial charge in [-0.3, -0.25) is 9.59 Å². The third-order valence-corrected chi connectivity index (χ3v) is 4.36. The molecular weight excluding hydrogens is 400 g/mol. The van der Waals surface area contributed by atoms with Gasteiger partial charge in [0.1, 0.15) is 11.5 Å². The molecule has 0 fully saturated rings. The van der Waals surface area contributed by atoms with Crippen LogP contribution < -0.4 is 20.1 Å². The number of benzene rings is 2. The van der Waals surface area contributed by atoms with Crippen LogP contribution >= 0.6 is 11.6 Å². The number of halogens is 1. The van der Waals surface area contributed by atoms with Crippen LogP contribution in [0.2, 0.25) is 5.02 Å². The first-order valence-electron chi connectivity index (χ1n) is 8.79. The molecule has 1 aliphatic rings. The molecule has 0 saturated heterocycles. The van der Waals surface area contributed by atoms with Crippen LogP contribution in [0.3, 0.4) is 0 Å². The van der Waals surface area contributed by atoms with E-state index in [1.807, 2.05) is 0 Å². The predicted octanol–water partition coefficient (Wildman–Crippen LogP) is 2.79. The number of carbonyl (C=O) groups is 3. The van der Waals surface area contributed by atoms with Crippen molar-refractivity contribution in [1.82, 2.24) is 0 Å². The fraction of sp³-hybridized carbons (Fsp3) is 0.250. The van der Waals surface area contributed by atoms with Crippen molar-refractivity contribution >= 4 is 40.8 Å². The summed E-state index contributed by atoms with van der Waals surface area (Å²) < 4.78 is 15.5. The molecular formula is C20H19ClN2O6. The molecule has 2 N–H and O–H groups in total. The Morgan fingerprint density at radius 2 is 1.97 bits per heavy atom. The maximum absolute atomic E-state index is 12.0. The summed E-state index contributed by atoms with van der Waals surface area (Å²) in [6, 6.07) is 9.90. The van der Waals surface area contributed by atoms with Crippen LogP contribution in [0.25, 0.3) is 0 Å². The fourth-order valence-corrected chi connectivity index (χ4v) is 2.92. The number of carbonyl (C=O) groups excluding carboxylic acids is 3. The molecule has 152 valence electrons. The van der Waals surface area contributed by atoms with Gasteiger partial charge in [0, 0.05) is 17.1 Å². The lowest BCUT2D eigenvalue weighted by Crippen LogP contribution is -2.24. The van der Waals surface area contributed by atoms with E-state index in [1.54, 1.807) is 30.3 Å². The number of aryl methyl sites for hydroxylation is 1. The van der Waals surface area contributed by atoms with Crippen LogP contribution in [0, 0.1) is 0 Å². The quantitative estimate of drug-likeness (QED) is 0.670. The number of hydrogen-bond donors (Lipinski definition) is 2. The van der Waals surface area contributed by atoms with Gasteiger partial charge in [-0.1, -0.05) is 11.6 Å². The highest BCUT2D eigenvalue weighted by Gasteiger charge is 2.16. The Morgan fingerprint density at radius 3 is 2.76 bits per heavy atom. The van der Waals surface area contributed by atoms with Crippen molar-refractivity contribution in [3.8, 4) is 11.5 Å². The second-order valence-corrected chi connectivity index (χ2v) is 6.65. The summed E-state index contributed by atoms with van der Waals surface area (Å²) in [5.74, 6) is -0.345. The van der Waals surface area contributed by atoms with E-state index in [0.717, 1.165) is 11.3 Å². The molecule has 0 aliphatic carbocycles. The van der Waals surface area contributed by atoms with E-state index in [0.29, 0.717) is 35.1 Å². The zero-order chi connectivity index (χ0) is 20.8. The zero-order valence-electron chi connectivity index (χ0n) is 15.6. The Labute approximate surface area is 172 Å². The highest BCUT2D eigenvalue weighted by Crippen LogP contribution is 2.28. The van der Waals surface area contributed by atoms with Gasteiger partial charge >= 0.3 is 5.97 Å². The number of anilines is 2. The first kappa shape index (κ1) is 20.5. The van der Waals surface area contributed by atoms with Crippen molar-refractivity contribution in [2.75, 3.05) is 31.0 Å². The minimum Gasteiger partial charge on any atom is -0.495 e. The maximum atomic E-state index is 12.0. The molecule has 0 bridgehead atoms. The Kier molecular flexibility index (Phi) is 6.56. The van der Waals surface area contributed by atoms with Crippen molar-refractivity contribution < 1.29 is 28.6 Å². The largest absolute Gasteiger partial charge is 0.495 e. The summed E-state index contributed by atoms with van der Waals surface area (Å²) in [6.45, 7) is -0.826. The summed E-state index contributed by atoms with van der Waals surface area (Å²) in [6.07, 6.45) is 1.01. The van der Waals surface area contributed by atoms with E-state index in [4.69, 9.17) is 25.8 Å². The van der Waals surface area contributed by atoms with Crippen LogP contribution in [0.1, 0.15) is 12.0 Å². The highest BCUT2D eigenvalue weighted by molar-refractivity contribution is 6.31. The van der Waals surface area contributed by atoms with E-state index in [1.165, 1.54) is 13.2 Å². The number of nitrogens with one attached hydrogen (secondary N) is 2. The smallest absolute Gasteiger partial charge is 0.344 e. The van der Waals surface area contributed by atoms with Crippen molar-refractivity contribution in [3.05, 3.63) is 47.0 Å². The summed E-state index contributed by atoms with van der Waals surface area (Å²) in [7, 11) is 1.46. The van der Waals surface area contributed by atoms with Gasteiger partial charge in [0.2, 0.25) is 5.91 Å². The number of methoxy groups -OCH3 is 1. The number of ether oxygens (including phenoxy) is 3. The second-order valence-electron chi connectivity index (χ2n) is 6.21. The number of amides is 2. The normalized spacial score (nSPS) is 12.4. The summed E-state index contributed by atoms with van der Waals surface area (Å²) in [4.78, 5) is 35.2. The molecule has 0 saturated carbocycles. The van der Waals surface area contributed by atoms with Crippen molar-refractivity contribution in [2.24, 2.45) is 0 Å². The minimum atomic E-state index is -0.691. The Balaban J connectivity index is 1.46. The van der Waals surface area contributed by atoms with Crippen molar-refractivity contribution in [1.29, 1.82) is 0 Å². The molecule has 0 unspecified atom stereocenters. The molecule has 9 heteroatoms. The summed E-state index contributed by atoms with van der Waals surface area (Å²) in [5, 5.41) is 5.76. The average Bonchev–Trinajstić information content (AvgIpc) is 2.71. The van der Waals surface area contributed by atoms with Gasteiger partial charge in [-0.2, -0.15) is 0 Å². The molecule has 2 amide bonds. The molecule has 3 rings (SSSR count). The lowest BCUT2D eigenvalue weighted by atomic mass is 10.0. The third kappa shape index (κ3) is 5.61. The Hall–Kier alpha value is -3.26. The van der Waals surface area contributed by atoms with Crippen LogP contribution in [-0.4, -0.2) is 38.1 Å². The van der Waals surface area contributed by atoms with E-state index in [-0.39, 0.29) is 12.5 Å². The third-order valence-electron chi connectivity index (χ3n) is 4.13. The topological polar surface area (TPSA) is 103 Å². The van der Waals surface area contributed by atoms with Crippen LogP contribution in [-0.2, 0) is 25.5 Å². The van der Waals surface area contributed by atoms with Gasteiger partial charge in [-0.25, -0.2) is 4.79 Å². The molecule has 29 heavy (non-hydrogen) atoms. The maximum Gasteiger partial charge on any atom is 0.344 e. The van der Waals surface area contributed by atoms with Crippen molar-refractivity contribution in [2.45, 2.75) is 12.8 Å². The van der Waals surface area contributed by atoms with E-state index >= 15 is 0 Å². The monoisotopic (exact) mass is 418 g/mol. The molecule has 8 nitrogen and oxygen atoms in total. The van der Waals surface area contributed by atoms with Crippen LogP contribution in [0.5, 0.6) is 11.5 Å². The van der Waals surface area contributed by atoms with E-state index in [9.17, 15) is 14.4 Å². The van der Waals surface area contributed by atoms with Crippen LogP contribution in [0.15, 0.2) is 36.4 Å². The van der Waals surface area contributed by atoms with Crippen molar-refractivity contribution in [3.63, 3.8) is 0 Å². The molecule has 0 spiro atoms. The van der Waals surface area contributed by atoms with Gasteiger partial charge < -0.3 is 24.8 Å². The Bertz CT molecular complexity index is 947. The van der Waals surface area contributed by atoms with Gasteiger partial charge in [0.05, 0.1) is 12.8 Å². The van der Waals surface area contributed by atoms with E-state index in [2.05, 4.69) is 10.6 Å². The first-order valence-corrected chi connectivity index (χ1v) is 9.17.